The number of amides is 1. The van der Waals surface area contributed by atoms with Gasteiger partial charge in [0.05, 0.1) is 13.2 Å². The largest absolute Gasteiger partial charge is 0.382 e. The molecular formula is C12H18N2O3. The van der Waals surface area contributed by atoms with E-state index in [9.17, 15) is 4.79 Å². The maximum absolute atomic E-state index is 11.3. The summed E-state index contributed by atoms with van der Waals surface area (Å²) in [6.45, 7) is 1.62. The SMILES string of the molecule is COCCOCC(=O)NCCc1cccnc1. The van der Waals surface area contributed by atoms with Crippen molar-refractivity contribution in [3.8, 4) is 0 Å². The van der Waals surface area contributed by atoms with Gasteiger partial charge in [-0.1, -0.05) is 6.07 Å². The molecule has 0 unspecified atom stereocenters. The van der Waals surface area contributed by atoms with Crippen LogP contribution in [0, 0.1) is 0 Å². The summed E-state index contributed by atoms with van der Waals surface area (Å²) >= 11 is 0. The fourth-order valence-corrected chi connectivity index (χ4v) is 1.25. The van der Waals surface area contributed by atoms with Crippen LogP contribution >= 0.6 is 0 Å². The highest BCUT2D eigenvalue weighted by molar-refractivity contribution is 5.77. The Balaban J connectivity index is 2.04. The van der Waals surface area contributed by atoms with Gasteiger partial charge in [0.2, 0.25) is 5.91 Å². The normalized spacial score (nSPS) is 10.2. The van der Waals surface area contributed by atoms with Gasteiger partial charge < -0.3 is 14.8 Å². The average Bonchev–Trinajstić information content (AvgIpc) is 2.36. The lowest BCUT2D eigenvalue weighted by Gasteiger charge is -2.05. The lowest BCUT2D eigenvalue weighted by molar-refractivity contribution is -0.126. The van der Waals surface area contributed by atoms with Gasteiger partial charge in [0.1, 0.15) is 6.61 Å². The summed E-state index contributed by atoms with van der Waals surface area (Å²) < 4.78 is 9.89. The first kappa shape index (κ1) is 13.6. The molecular weight excluding hydrogens is 220 g/mol. The molecule has 0 atom stereocenters. The number of pyridine rings is 1. The van der Waals surface area contributed by atoms with Crippen molar-refractivity contribution in [3.63, 3.8) is 0 Å². The lowest BCUT2D eigenvalue weighted by Crippen LogP contribution is -2.29. The van der Waals surface area contributed by atoms with Crippen LogP contribution in [-0.2, 0) is 20.7 Å². The number of rotatable bonds is 8. The summed E-state index contributed by atoms with van der Waals surface area (Å²) in [5, 5.41) is 2.78. The van der Waals surface area contributed by atoms with E-state index < -0.39 is 0 Å². The van der Waals surface area contributed by atoms with Crippen molar-refractivity contribution in [2.24, 2.45) is 0 Å². The maximum atomic E-state index is 11.3. The third-order valence-electron chi connectivity index (χ3n) is 2.12. The molecule has 0 aliphatic heterocycles. The molecule has 0 aromatic carbocycles. The molecule has 0 saturated carbocycles. The van der Waals surface area contributed by atoms with Gasteiger partial charge >= 0.3 is 0 Å². The summed E-state index contributed by atoms with van der Waals surface area (Å²) in [5.74, 6) is -0.106. The molecule has 94 valence electrons. The topological polar surface area (TPSA) is 60.5 Å². The van der Waals surface area contributed by atoms with E-state index in [2.05, 4.69) is 10.3 Å². The molecule has 0 aliphatic carbocycles. The minimum atomic E-state index is -0.106. The molecule has 1 rings (SSSR count). The van der Waals surface area contributed by atoms with E-state index >= 15 is 0 Å². The van der Waals surface area contributed by atoms with Gasteiger partial charge in [0, 0.05) is 26.0 Å². The second-order valence-electron chi connectivity index (χ2n) is 3.51. The number of aromatic nitrogens is 1. The van der Waals surface area contributed by atoms with E-state index in [1.807, 2.05) is 12.1 Å². The fourth-order valence-electron chi connectivity index (χ4n) is 1.25. The number of hydrogen-bond donors (Lipinski definition) is 1. The second-order valence-corrected chi connectivity index (χ2v) is 3.51. The number of carbonyl (C=O) groups excluding carboxylic acids is 1. The molecule has 1 N–H and O–H groups in total. The summed E-state index contributed by atoms with van der Waals surface area (Å²) in [5.41, 5.74) is 1.10. The summed E-state index contributed by atoms with van der Waals surface area (Å²) in [4.78, 5) is 15.3. The first-order valence-electron chi connectivity index (χ1n) is 5.55. The minimum Gasteiger partial charge on any atom is -0.382 e. The van der Waals surface area contributed by atoms with E-state index in [1.165, 1.54) is 0 Å². The van der Waals surface area contributed by atoms with Crippen molar-refractivity contribution in [3.05, 3.63) is 30.1 Å². The van der Waals surface area contributed by atoms with Crippen molar-refractivity contribution < 1.29 is 14.3 Å². The van der Waals surface area contributed by atoms with E-state index in [4.69, 9.17) is 9.47 Å². The molecule has 0 spiro atoms. The highest BCUT2D eigenvalue weighted by Crippen LogP contribution is 1.95. The first-order chi connectivity index (χ1) is 8.33. The zero-order valence-electron chi connectivity index (χ0n) is 10.0. The number of carbonyl (C=O) groups is 1. The second kappa shape index (κ2) is 8.66. The van der Waals surface area contributed by atoms with E-state index in [0.717, 1.165) is 12.0 Å². The van der Waals surface area contributed by atoms with Gasteiger partial charge in [-0.15, -0.1) is 0 Å². The average molecular weight is 238 g/mol. The van der Waals surface area contributed by atoms with Crippen LogP contribution in [0.4, 0.5) is 0 Å². The highest BCUT2D eigenvalue weighted by Gasteiger charge is 2.00. The van der Waals surface area contributed by atoms with Crippen molar-refractivity contribution in [1.82, 2.24) is 10.3 Å². The van der Waals surface area contributed by atoms with Crippen LogP contribution in [0.2, 0.25) is 0 Å². The summed E-state index contributed by atoms with van der Waals surface area (Å²) in [6.07, 6.45) is 4.30. The Hall–Kier alpha value is -1.46. The van der Waals surface area contributed by atoms with Crippen LogP contribution < -0.4 is 5.32 Å². The standard InChI is InChI=1S/C12H18N2O3/c1-16-7-8-17-10-12(15)14-6-4-11-3-2-5-13-9-11/h2-3,5,9H,4,6-8,10H2,1H3,(H,14,15). The van der Waals surface area contributed by atoms with Crippen molar-refractivity contribution in [2.75, 3.05) is 33.5 Å². The van der Waals surface area contributed by atoms with Crippen molar-refractivity contribution >= 4 is 5.91 Å². The van der Waals surface area contributed by atoms with E-state index in [0.29, 0.717) is 19.8 Å². The smallest absolute Gasteiger partial charge is 0.246 e. The molecule has 5 nitrogen and oxygen atoms in total. The Morgan fingerprint density at radius 3 is 3.06 bits per heavy atom. The van der Waals surface area contributed by atoms with Crippen LogP contribution in [0.25, 0.3) is 0 Å². The predicted octanol–water partition coefficient (Wildman–Crippen LogP) is 0.403. The van der Waals surface area contributed by atoms with Crippen molar-refractivity contribution in [1.29, 1.82) is 0 Å². The van der Waals surface area contributed by atoms with Crippen LogP contribution in [0.3, 0.4) is 0 Å². The van der Waals surface area contributed by atoms with Gasteiger partial charge in [0.15, 0.2) is 0 Å². The fraction of sp³-hybridized carbons (Fsp3) is 0.500. The van der Waals surface area contributed by atoms with Crippen LogP contribution in [0.5, 0.6) is 0 Å². The van der Waals surface area contributed by atoms with Crippen molar-refractivity contribution in [2.45, 2.75) is 6.42 Å². The molecule has 1 aromatic heterocycles. The van der Waals surface area contributed by atoms with Gasteiger partial charge in [0.25, 0.3) is 0 Å². The zero-order chi connectivity index (χ0) is 12.3. The van der Waals surface area contributed by atoms with Crippen LogP contribution in [-0.4, -0.2) is 44.4 Å². The Morgan fingerprint density at radius 2 is 2.35 bits per heavy atom. The summed E-state index contributed by atoms with van der Waals surface area (Å²) in [6, 6.07) is 3.86. The number of ether oxygens (including phenoxy) is 2. The van der Waals surface area contributed by atoms with E-state index in [-0.39, 0.29) is 12.5 Å². The number of nitrogens with one attached hydrogen (secondary N) is 1. The molecule has 0 radical (unpaired) electrons. The zero-order valence-corrected chi connectivity index (χ0v) is 10.0. The lowest BCUT2D eigenvalue weighted by atomic mass is 10.2. The van der Waals surface area contributed by atoms with E-state index in [1.54, 1.807) is 19.5 Å². The van der Waals surface area contributed by atoms with Gasteiger partial charge in [-0.2, -0.15) is 0 Å². The molecule has 0 fully saturated rings. The minimum absolute atomic E-state index is 0.0798. The van der Waals surface area contributed by atoms with Crippen LogP contribution in [0.15, 0.2) is 24.5 Å². The van der Waals surface area contributed by atoms with Gasteiger partial charge in [-0.25, -0.2) is 0 Å². The monoisotopic (exact) mass is 238 g/mol. The Labute approximate surface area is 101 Å². The molecule has 1 aromatic rings. The van der Waals surface area contributed by atoms with Crippen LogP contribution in [0.1, 0.15) is 5.56 Å². The molecule has 5 heteroatoms. The number of nitrogens with zero attached hydrogens (tertiary/aromatic N) is 1. The summed E-state index contributed by atoms with van der Waals surface area (Å²) in [7, 11) is 1.59. The van der Waals surface area contributed by atoms with Gasteiger partial charge in [-0.05, 0) is 18.1 Å². The molecule has 1 heterocycles. The molecule has 0 saturated heterocycles. The number of hydrogen-bond acceptors (Lipinski definition) is 4. The first-order valence-corrected chi connectivity index (χ1v) is 5.55. The quantitative estimate of drug-likeness (QED) is 0.666. The number of methoxy groups -OCH3 is 1. The molecule has 0 bridgehead atoms. The predicted molar refractivity (Wildman–Crippen MR) is 63.6 cm³/mol. The third kappa shape index (κ3) is 6.65. The molecule has 1 amide bonds. The van der Waals surface area contributed by atoms with Gasteiger partial charge in [-0.3, -0.25) is 9.78 Å². The molecule has 17 heavy (non-hydrogen) atoms. The third-order valence-corrected chi connectivity index (χ3v) is 2.12. The molecule has 0 aliphatic rings. The highest BCUT2D eigenvalue weighted by atomic mass is 16.5. The Kier molecular flexibility index (Phi) is 6.93. The Bertz CT molecular complexity index is 317. The maximum Gasteiger partial charge on any atom is 0.246 e. The Morgan fingerprint density at radius 1 is 1.47 bits per heavy atom.